The lowest BCUT2D eigenvalue weighted by Crippen LogP contribution is -2.53. The van der Waals surface area contributed by atoms with Crippen LogP contribution in [0.2, 0.25) is 0 Å². The van der Waals surface area contributed by atoms with Gasteiger partial charge in [0, 0.05) is 18.9 Å². The molecule has 12 nitrogen and oxygen atoms in total. The Hall–Kier alpha value is -3.55. The summed E-state index contributed by atoms with van der Waals surface area (Å²) in [6.45, 7) is 4.01. The van der Waals surface area contributed by atoms with Gasteiger partial charge in [0.05, 0.1) is 18.2 Å². The number of nitrogens with one attached hydrogen (secondary N) is 1. The molecule has 2 heterocycles. The number of hydrogen-bond acceptors (Lipinski definition) is 9. The van der Waals surface area contributed by atoms with Crippen LogP contribution >= 0.6 is 0 Å². The van der Waals surface area contributed by atoms with Crippen molar-refractivity contribution < 1.29 is 39.0 Å². The van der Waals surface area contributed by atoms with E-state index in [1.54, 1.807) is 0 Å². The van der Waals surface area contributed by atoms with E-state index in [4.69, 9.17) is 14.4 Å². The predicted octanol–water partition coefficient (Wildman–Crippen LogP) is 0.992. The first-order chi connectivity index (χ1) is 17.2. The van der Waals surface area contributed by atoms with Crippen molar-refractivity contribution >= 4 is 31.0 Å². The first kappa shape index (κ1) is 27.0. The first-order valence-corrected chi connectivity index (χ1v) is 11.5. The molecule has 1 amide bonds. The van der Waals surface area contributed by atoms with E-state index in [9.17, 15) is 24.6 Å². The molecule has 4 atom stereocenters. The molecule has 1 aliphatic rings. The minimum Gasteiger partial charge on any atom is -0.507 e. The molecule has 1 aromatic heterocycles. The van der Waals surface area contributed by atoms with Crippen molar-refractivity contribution in [2.24, 2.45) is 5.92 Å². The summed E-state index contributed by atoms with van der Waals surface area (Å²) in [7, 11) is -1.16. The molecule has 1 aromatic carbocycles. The van der Waals surface area contributed by atoms with E-state index < -0.39 is 49.3 Å². The van der Waals surface area contributed by atoms with Crippen molar-refractivity contribution in [3.05, 3.63) is 54.5 Å². The SMILES string of the molecule is CC(C)C[C@H](NC[C@@H](Cc1ccccc1)N(C(=O)O)c1cnccn1)B1OC(=O)[C@@H]([C@@H](O)C(=O)O)O1. The molecule has 4 N–H and O–H groups in total. The van der Waals surface area contributed by atoms with Crippen LogP contribution in [0.15, 0.2) is 48.9 Å². The number of carboxylic acids is 1. The maximum atomic E-state index is 12.3. The Bertz CT molecular complexity index is 1030. The summed E-state index contributed by atoms with van der Waals surface area (Å²) in [6.07, 6.45) is 0.0800. The third-order valence-electron chi connectivity index (χ3n) is 5.64. The summed E-state index contributed by atoms with van der Waals surface area (Å²) in [5, 5.41) is 32.1. The van der Waals surface area contributed by atoms with Crippen LogP contribution in [0, 0.1) is 5.92 Å². The van der Waals surface area contributed by atoms with Crippen molar-refractivity contribution in [2.45, 2.75) is 50.9 Å². The van der Waals surface area contributed by atoms with Crippen molar-refractivity contribution in [3.63, 3.8) is 0 Å². The lowest BCUT2D eigenvalue weighted by atomic mass is 9.74. The normalized spacial score (nSPS) is 17.9. The maximum Gasteiger partial charge on any atom is 0.546 e. The van der Waals surface area contributed by atoms with Gasteiger partial charge < -0.3 is 29.9 Å². The van der Waals surface area contributed by atoms with Crippen LogP contribution in [-0.2, 0) is 25.3 Å². The number of benzene rings is 1. The standard InChI is InChI=1S/C23H29BN4O8/c1-14(2)10-17(24-35-20(22(32)36-24)19(29)21(30)31)27-12-16(11-15-6-4-3-5-7-15)28(23(33)34)18-13-25-8-9-26-18/h3-9,13-14,16-17,19-20,27,29H,10-12H2,1-2H3,(H,30,31)(H,33,34)/t16-,17+,19-,20-/m1/s1. The highest BCUT2D eigenvalue weighted by Gasteiger charge is 2.50. The minimum absolute atomic E-state index is 0.122. The molecular weight excluding hydrogens is 471 g/mol. The van der Waals surface area contributed by atoms with Crippen molar-refractivity contribution in [1.82, 2.24) is 15.3 Å². The zero-order valence-electron chi connectivity index (χ0n) is 19.9. The lowest BCUT2D eigenvalue weighted by Gasteiger charge is -2.31. The number of anilines is 1. The molecule has 0 aliphatic carbocycles. The highest BCUT2D eigenvalue weighted by atomic mass is 16.7. The van der Waals surface area contributed by atoms with Gasteiger partial charge in [-0.05, 0) is 24.3 Å². The molecule has 36 heavy (non-hydrogen) atoms. The van der Waals surface area contributed by atoms with E-state index in [1.165, 1.54) is 18.6 Å². The van der Waals surface area contributed by atoms with Crippen molar-refractivity contribution in [1.29, 1.82) is 0 Å². The predicted molar refractivity (Wildman–Crippen MR) is 128 cm³/mol. The van der Waals surface area contributed by atoms with Crippen LogP contribution in [0.4, 0.5) is 10.6 Å². The summed E-state index contributed by atoms with van der Waals surface area (Å²) in [5.41, 5.74) is 0.896. The Balaban J connectivity index is 1.83. The van der Waals surface area contributed by atoms with Gasteiger partial charge in [-0.3, -0.25) is 14.7 Å². The van der Waals surface area contributed by atoms with Gasteiger partial charge in [-0.25, -0.2) is 14.6 Å². The zero-order valence-corrected chi connectivity index (χ0v) is 19.9. The molecular formula is C23H29BN4O8. The number of hydrogen-bond donors (Lipinski definition) is 4. The number of rotatable bonds is 12. The monoisotopic (exact) mass is 500 g/mol. The smallest absolute Gasteiger partial charge is 0.507 e. The molecule has 1 saturated heterocycles. The van der Waals surface area contributed by atoms with Gasteiger partial charge in [0.25, 0.3) is 0 Å². The number of carbonyl (C=O) groups excluding carboxylic acids is 1. The number of aliphatic hydroxyl groups is 1. The van der Waals surface area contributed by atoms with Crippen LogP contribution in [0.1, 0.15) is 25.8 Å². The average molecular weight is 500 g/mol. The quantitative estimate of drug-likeness (QED) is 0.306. The molecule has 0 unspecified atom stereocenters. The molecule has 0 bridgehead atoms. The number of aliphatic hydroxyl groups excluding tert-OH is 1. The summed E-state index contributed by atoms with van der Waals surface area (Å²) in [4.78, 5) is 44.9. The lowest BCUT2D eigenvalue weighted by molar-refractivity contribution is -0.157. The Labute approximate surface area is 208 Å². The second-order valence-corrected chi connectivity index (χ2v) is 8.85. The number of aliphatic carboxylic acids is 1. The van der Waals surface area contributed by atoms with Gasteiger partial charge in [0.1, 0.15) is 0 Å². The summed E-state index contributed by atoms with van der Waals surface area (Å²) >= 11 is 0. The van der Waals surface area contributed by atoms with Crippen LogP contribution in [0.5, 0.6) is 0 Å². The molecule has 0 spiro atoms. The van der Waals surface area contributed by atoms with Gasteiger partial charge in [-0.1, -0.05) is 44.2 Å². The third kappa shape index (κ3) is 7.00. The van der Waals surface area contributed by atoms with E-state index in [0.29, 0.717) is 12.8 Å². The highest BCUT2D eigenvalue weighted by Crippen LogP contribution is 2.21. The second kappa shape index (κ2) is 12.4. The van der Waals surface area contributed by atoms with E-state index in [2.05, 4.69) is 15.3 Å². The maximum absolute atomic E-state index is 12.3. The number of carboxylic acid groups (broad SMARTS) is 2. The molecule has 1 aliphatic heterocycles. The van der Waals surface area contributed by atoms with E-state index >= 15 is 0 Å². The fraction of sp³-hybridized carbons (Fsp3) is 0.435. The molecule has 1 fully saturated rings. The second-order valence-electron chi connectivity index (χ2n) is 8.85. The van der Waals surface area contributed by atoms with Crippen LogP contribution in [0.3, 0.4) is 0 Å². The largest absolute Gasteiger partial charge is 0.546 e. The first-order valence-electron chi connectivity index (χ1n) is 11.5. The van der Waals surface area contributed by atoms with Crippen molar-refractivity contribution in [3.8, 4) is 0 Å². The van der Waals surface area contributed by atoms with Gasteiger partial charge >= 0.3 is 25.2 Å². The van der Waals surface area contributed by atoms with E-state index in [0.717, 1.165) is 10.5 Å². The minimum atomic E-state index is -2.06. The van der Waals surface area contributed by atoms with Crippen LogP contribution in [-0.4, -0.2) is 81.2 Å². The molecule has 0 radical (unpaired) electrons. The van der Waals surface area contributed by atoms with Crippen molar-refractivity contribution in [2.75, 3.05) is 11.4 Å². The summed E-state index contributed by atoms with van der Waals surface area (Å²) < 4.78 is 10.7. The van der Waals surface area contributed by atoms with Gasteiger partial charge in [0.2, 0.25) is 0 Å². The summed E-state index contributed by atoms with van der Waals surface area (Å²) in [6, 6.07) is 8.71. The molecule has 192 valence electrons. The number of aromatic nitrogens is 2. The fourth-order valence-corrected chi connectivity index (χ4v) is 4.00. The third-order valence-corrected chi connectivity index (χ3v) is 5.64. The molecule has 3 rings (SSSR count). The Kier molecular flexibility index (Phi) is 9.34. The summed E-state index contributed by atoms with van der Waals surface area (Å²) in [5.74, 6) is -2.90. The number of amides is 1. The van der Waals surface area contributed by atoms with Gasteiger partial charge in [0.15, 0.2) is 18.0 Å². The Morgan fingerprint density at radius 3 is 2.50 bits per heavy atom. The molecule has 0 saturated carbocycles. The zero-order chi connectivity index (χ0) is 26.2. The van der Waals surface area contributed by atoms with E-state index in [1.807, 2.05) is 44.2 Å². The molecule has 2 aromatic rings. The van der Waals surface area contributed by atoms with Crippen LogP contribution in [0.25, 0.3) is 0 Å². The highest BCUT2D eigenvalue weighted by molar-refractivity contribution is 6.51. The fourth-order valence-electron chi connectivity index (χ4n) is 4.00. The van der Waals surface area contributed by atoms with Gasteiger partial charge in [-0.15, -0.1) is 0 Å². The topological polar surface area (TPSA) is 171 Å². The van der Waals surface area contributed by atoms with E-state index in [-0.39, 0.29) is 18.3 Å². The molecule has 13 heteroatoms. The number of nitrogens with zero attached hydrogens (tertiary/aromatic N) is 3. The Morgan fingerprint density at radius 1 is 1.19 bits per heavy atom. The Morgan fingerprint density at radius 2 is 1.92 bits per heavy atom. The van der Waals surface area contributed by atoms with Crippen LogP contribution < -0.4 is 10.2 Å². The van der Waals surface area contributed by atoms with Gasteiger partial charge in [-0.2, -0.15) is 0 Å². The average Bonchev–Trinajstić information content (AvgIpc) is 3.23. The number of carbonyl (C=O) groups is 3.